The van der Waals surface area contributed by atoms with Gasteiger partial charge in [-0.05, 0) is 51.0 Å². The molecule has 2 N–H and O–H groups in total. The van der Waals surface area contributed by atoms with Crippen molar-refractivity contribution in [3.63, 3.8) is 0 Å². The number of aryl methyl sites for hydroxylation is 3. The van der Waals surface area contributed by atoms with Gasteiger partial charge in [-0.2, -0.15) is 0 Å². The number of hydrogen-bond donors (Lipinski definition) is 2. The Morgan fingerprint density at radius 2 is 1.95 bits per heavy atom. The van der Waals surface area contributed by atoms with Crippen molar-refractivity contribution < 1.29 is 14.3 Å². The van der Waals surface area contributed by atoms with Gasteiger partial charge in [0.2, 0.25) is 5.91 Å². The molecule has 2 aromatic rings. The topological polar surface area (TPSA) is 62.5 Å². The number of carbonyl (C=O) groups excluding carboxylic acids is 1. The van der Waals surface area contributed by atoms with E-state index in [0.29, 0.717) is 12.2 Å². The van der Waals surface area contributed by atoms with E-state index >= 15 is 0 Å². The van der Waals surface area contributed by atoms with Gasteiger partial charge in [-0.3, -0.25) is 4.79 Å². The molecule has 1 amide bonds. The van der Waals surface area contributed by atoms with Crippen LogP contribution in [0.5, 0.6) is 0 Å². The van der Waals surface area contributed by atoms with Gasteiger partial charge in [0.15, 0.2) is 0 Å². The van der Waals surface area contributed by atoms with Gasteiger partial charge in [-0.1, -0.05) is 23.8 Å². The fourth-order valence-electron chi connectivity index (χ4n) is 2.31. The zero-order valence-corrected chi connectivity index (χ0v) is 13.6. The van der Waals surface area contributed by atoms with Crippen LogP contribution in [0.4, 0.5) is 0 Å². The second-order valence-corrected chi connectivity index (χ2v) is 6.07. The molecule has 0 aliphatic carbocycles. The monoisotopic (exact) mass is 301 g/mol. The molecule has 4 heteroatoms. The number of carbonyl (C=O) groups is 1. The Kier molecular flexibility index (Phi) is 4.71. The maximum Gasteiger partial charge on any atom is 0.224 e. The van der Waals surface area contributed by atoms with Crippen LogP contribution in [-0.4, -0.2) is 17.6 Å². The molecule has 1 unspecified atom stereocenters. The van der Waals surface area contributed by atoms with Crippen molar-refractivity contribution in [3.05, 3.63) is 58.5 Å². The summed E-state index contributed by atoms with van der Waals surface area (Å²) in [7, 11) is 0. The molecule has 0 bridgehead atoms. The van der Waals surface area contributed by atoms with Crippen LogP contribution < -0.4 is 5.32 Å². The Bertz CT molecular complexity index is 671. The number of nitrogens with one attached hydrogen (secondary N) is 1. The van der Waals surface area contributed by atoms with E-state index in [1.807, 2.05) is 39.0 Å². The van der Waals surface area contributed by atoms with Crippen LogP contribution in [0, 0.1) is 20.8 Å². The maximum atomic E-state index is 12.1. The summed E-state index contributed by atoms with van der Waals surface area (Å²) < 4.78 is 5.43. The minimum Gasteiger partial charge on any atom is -0.463 e. The lowest BCUT2D eigenvalue weighted by atomic mass is 10.0. The summed E-state index contributed by atoms with van der Waals surface area (Å²) in [6, 6.07) is 9.58. The molecule has 0 fully saturated rings. The molecule has 0 spiro atoms. The molecule has 118 valence electrons. The fourth-order valence-corrected chi connectivity index (χ4v) is 2.31. The molecule has 2 rings (SSSR count). The van der Waals surface area contributed by atoms with E-state index in [9.17, 15) is 9.90 Å². The van der Waals surface area contributed by atoms with Gasteiger partial charge in [-0.25, -0.2) is 0 Å². The SMILES string of the molecule is Cc1ccc(C)c(CC(=O)NCC(C)(O)c2ccc(C)o2)c1. The summed E-state index contributed by atoms with van der Waals surface area (Å²) in [5, 5.41) is 13.2. The molecule has 1 aromatic carbocycles. The number of benzene rings is 1. The molecular weight excluding hydrogens is 278 g/mol. The Balaban J connectivity index is 1.96. The van der Waals surface area contributed by atoms with Crippen LogP contribution in [0.3, 0.4) is 0 Å². The first-order chi connectivity index (χ1) is 10.3. The molecule has 1 aromatic heterocycles. The molecule has 0 aliphatic rings. The predicted octanol–water partition coefficient (Wildman–Crippen LogP) is 2.77. The van der Waals surface area contributed by atoms with Crippen molar-refractivity contribution >= 4 is 5.91 Å². The van der Waals surface area contributed by atoms with Gasteiger partial charge in [0.1, 0.15) is 17.1 Å². The second kappa shape index (κ2) is 6.36. The summed E-state index contributed by atoms with van der Waals surface area (Å²) in [5.41, 5.74) is 2.01. The first kappa shape index (κ1) is 16.3. The van der Waals surface area contributed by atoms with Crippen molar-refractivity contribution in [2.75, 3.05) is 6.54 Å². The highest BCUT2D eigenvalue weighted by atomic mass is 16.4. The molecule has 0 aliphatic heterocycles. The van der Waals surface area contributed by atoms with E-state index in [0.717, 1.165) is 22.5 Å². The van der Waals surface area contributed by atoms with E-state index in [4.69, 9.17) is 4.42 Å². The first-order valence-corrected chi connectivity index (χ1v) is 7.40. The molecule has 1 atom stereocenters. The highest BCUT2D eigenvalue weighted by molar-refractivity contribution is 5.79. The molecule has 0 saturated heterocycles. The van der Waals surface area contributed by atoms with Gasteiger partial charge in [-0.15, -0.1) is 0 Å². The van der Waals surface area contributed by atoms with Crippen molar-refractivity contribution in [2.45, 2.75) is 39.7 Å². The van der Waals surface area contributed by atoms with Crippen molar-refractivity contribution in [3.8, 4) is 0 Å². The minimum atomic E-state index is -1.22. The summed E-state index contributed by atoms with van der Waals surface area (Å²) >= 11 is 0. The van der Waals surface area contributed by atoms with Crippen molar-refractivity contribution in [1.29, 1.82) is 0 Å². The predicted molar refractivity (Wildman–Crippen MR) is 85.6 cm³/mol. The first-order valence-electron chi connectivity index (χ1n) is 7.40. The lowest BCUT2D eigenvalue weighted by molar-refractivity contribution is -0.121. The Hall–Kier alpha value is -2.07. The van der Waals surface area contributed by atoms with Gasteiger partial charge in [0.25, 0.3) is 0 Å². The number of aliphatic hydroxyl groups is 1. The molecule has 4 nitrogen and oxygen atoms in total. The maximum absolute atomic E-state index is 12.1. The minimum absolute atomic E-state index is 0.114. The lowest BCUT2D eigenvalue weighted by Crippen LogP contribution is -2.39. The van der Waals surface area contributed by atoms with Crippen molar-refractivity contribution in [1.82, 2.24) is 5.32 Å². The average Bonchev–Trinajstić information content (AvgIpc) is 2.88. The van der Waals surface area contributed by atoms with Crippen LogP contribution in [0.25, 0.3) is 0 Å². The number of hydrogen-bond acceptors (Lipinski definition) is 3. The highest BCUT2D eigenvalue weighted by Crippen LogP contribution is 2.22. The summed E-state index contributed by atoms with van der Waals surface area (Å²) in [6.45, 7) is 7.56. The summed E-state index contributed by atoms with van der Waals surface area (Å²) in [5.74, 6) is 1.08. The smallest absolute Gasteiger partial charge is 0.224 e. The van der Waals surface area contributed by atoms with Crippen LogP contribution in [0.15, 0.2) is 34.7 Å². The Morgan fingerprint density at radius 3 is 2.59 bits per heavy atom. The van der Waals surface area contributed by atoms with Crippen molar-refractivity contribution in [2.24, 2.45) is 0 Å². The van der Waals surface area contributed by atoms with E-state index in [-0.39, 0.29) is 12.5 Å². The Labute approximate surface area is 131 Å². The van der Waals surface area contributed by atoms with E-state index in [1.54, 1.807) is 19.1 Å². The van der Waals surface area contributed by atoms with Gasteiger partial charge in [0, 0.05) is 0 Å². The summed E-state index contributed by atoms with van der Waals surface area (Å²) in [6.07, 6.45) is 0.306. The normalized spacial score (nSPS) is 13.7. The van der Waals surface area contributed by atoms with E-state index < -0.39 is 5.60 Å². The molecule has 0 radical (unpaired) electrons. The zero-order valence-electron chi connectivity index (χ0n) is 13.6. The van der Waals surface area contributed by atoms with Crippen LogP contribution in [0.1, 0.15) is 35.1 Å². The molecular formula is C18H23NO3. The van der Waals surface area contributed by atoms with Crippen LogP contribution in [0.2, 0.25) is 0 Å². The van der Waals surface area contributed by atoms with E-state index in [1.165, 1.54) is 0 Å². The number of rotatable bonds is 5. The third-order valence-electron chi connectivity index (χ3n) is 3.76. The zero-order chi connectivity index (χ0) is 16.3. The van der Waals surface area contributed by atoms with Gasteiger partial charge >= 0.3 is 0 Å². The highest BCUT2D eigenvalue weighted by Gasteiger charge is 2.27. The van der Waals surface area contributed by atoms with Crippen LogP contribution >= 0.6 is 0 Å². The van der Waals surface area contributed by atoms with E-state index in [2.05, 4.69) is 5.32 Å². The largest absolute Gasteiger partial charge is 0.463 e. The van der Waals surface area contributed by atoms with Gasteiger partial charge in [0.05, 0.1) is 13.0 Å². The fraction of sp³-hybridized carbons (Fsp3) is 0.389. The molecule has 22 heavy (non-hydrogen) atoms. The second-order valence-electron chi connectivity index (χ2n) is 6.07. The lowest BCUT2D eigenvalue weighted by Gasteiger charge is -2.21. The molecule has 0 saturated carbocycles. The third kappa shape index (κ3) is 3.98. The Morgan fingerprint density at radius 1 is 1.23 bits per heavy atom. The average molecular weight is 301 g/mol. The number of amides is 1. The third-order valence-corrected chi connectivity index (χ3v) is 3.76. The standard InChI is InChI=1S/C18H23NO3/c1-12-5-6-13(2)15(9-12)10-17(20)19-11-18(4,21)16-8-7-14(3)22-16/h5-9,21H,10-11H2,1-4H3,(H,19,20). The number of furan rings is 1. The molecule has 1 heterocycles. The van der Waals surface area contributed by atoms with Crippen LogP contribution in [-0.2, 0) is 16.8 Å². The van der Waals surface area contributed by atoms with Gasteiger partial charge < -0.3 is 14.8 Å². The quantitative estimate of drug-likeness (QED) is 0.892. The summed E-state index contributed by atoms with van der Waals surface area (Å²) in [4.78, 5) is 12.1.